The van der Waals surface area contributed by atoms with Gasteiger partial charge in [-0.15, -0.1) is 0 Å². The van der Waals surface area contributed by atoms with E-state index in [9.17, 15) is 13.2 Å². The Bertz CT molecular complexity index is 731. The van der Waals surface area contributed by atoms with Crippen molar-refractivity contribution in [3.8, 4) is 5.75 Å². The zero-order chi connectivity index (χ0) is 18.8. The number of nitrogens with zero attached hydrogens (tertiary/aromatic N) is 2. The minimum atomic E-state index is -3.71. The lowest BCUT2D eigenvalue weighted by Crippen LogP contribution is -2.45. The number of ether oxygens (including phenoxy) is 1. The fourth-order valence-electron chi connectivity index (χ4n) is 3.01. The number of benzene rings is 1. The molecule has 0 bridgehead atoms. The Kier molecular flexibility index (Phi) is 6.08. The normalized spacial score (nSPS) is 19.8. The molecule has 0 radical (unpaired) electrons. The zero-order valence-corrected chi connectivity index (χ0v) is 16.0. The highest BCUT2D eigenvalue weighted by Crippen LogP contribution is 2.28. The molecule has 1 aliphatic heterocycles. The summed E-state index contributed by atoms with van der Waals surface area (Å²) in [4.78, 5) is 14.6. The number of nitrogens with two attached hydrogens (primary N) is 1. The minimum absolute atomic E-state index is 0.00778. The first-order chi connectivity index (χ1) is 11.7. The lowest BCUT2D eigenvalue weighted by molar-refractivity contribution is 0.0660. The van der Waals surface area contributed by atoms with E-state index in [1.165, 1.54) is 33.3 Å². The number of piperidine rings is 1. The van der Waals surface area contributed by atoms with E-state index in [1.54, 1.807) is 11.0 Å². The number of carbonyl (C=O) groups is 1. The third-order valence-corrected chi connectivity index (χ3v) is 6.49. The molecule has 1 fully saturated rings. The first-order valence-electron chi connectivity index (χ1n) is 8.34. The van der Waals surface area contributed by atoms with Gasteiger partial charge < -0.3 is 15.4 Å². The van der Waals surface area contributed by atoms with Crippen LogP contribution >= 0.6 is 0 Å². The molecular weight excluding hydrogens is 342 g/mol. The van der Waals surface area contributed by atoms with Crippen LogP contribution in [0.3, 0.4) is 0 Å². The largest absolute Gasteiger partial charge is 0.495 e. The Morgan fingerprint density at radius 3 is 2.64 bits per heavy atom. The zero-order valence-electron chi connectivity index (χ0n) is 15.2. The minimum Gasteiger partial charge on any atom is -0.495 e. The van der Waals surface area contributed by atoms with Crippen molar-refractivity contribution in [3.05, 3.63) is 23.8 Å². The van der Waals surface area contributed by atoms with Crippen molar-refractivity contribution in [1.29, 1.82) is 0 Å². The standard InChI is InChI=1S/C17H27N3O4S/c1-12(18)14-6-5-9-20(11-14)17(21)13-7-8-15(24-4)16(10-13)25(22,23)19(2)3/h7-8,10,12,14H,5-6,9,11,18H2,1-4H3. The number of amides is 1. The highest BCUT2D eigenvalue weighted by atomic mass is 32.2. The number of likely N-dealkylation sites (tertiary alicyclic amines) is 1. The smallest absolute Gasteiger partial charge is 0.253 e. The fraction of sp³-hybridized carbons (Fsp3) is 0.588. The third kappa shape index (κ3) is 4.13. The van der Waals surface area contributed by atoms with Gasteiger partial charge in [0.05, 0.1) is 7.11 Å². The number of hydrogen-bond donors (Lipinski definition) is 1. The van der Waals surface area contributed by atoms with Crippen molar-refractivity contribution in [2.24, 2.45) is 11.7 Å². The van der Waals surface area contributed by atoms with Gasteiger partial charge in [-0.2, -0.15) is 0 Å². The maximum absolute atomic E-state index is 12.9. The summed E-state index contributed by atoms with van der Waals surface area (Å²) in [5.74, 6) is 0.307. The van der Waals surface area contributed by atoms with Gasteiger partial charge in [0, 0.05) is 38.8 Å². The third-order valence-electron chi connectivity index (χ3n) is 4.66. The van der Waals surface area contributed by atoms with Gasteiger partial charge in [-0.05, 0) is 43.9 Å². The number of sulfonamides is 1. The van der Waals surface area contributed by atoms with E-state index in [-0.39, 0.29) is 28.5 Å². The van der Waals surface area contributed by atoms with Crippen LogP contribution in [0.1, 0.15) is 30.1 Å². The summed E-state index contributed by atoms with van der Waals surface area (Å²) >= 11 is 0. The lowest BCUT2D eigenvalue weighted by atomic mass is 9.92. The quantitative estimate of drug-likeness (QED) is 0.840. The molecule has 2 rings (SSSR count). The molecule has 0 spiro atoms. The second kappa shape index (κ2) is 7.72. The summed E-state index contributed by atoms with van der Waals surface area (Å²) in [5.41, 5.74) is 6.32. The van der Waals surface area contributed by atoms with Crippen molar-refractivity contribution in [1.82, 2.24) is 9.21 Å². The van der Waals surface area contributed by atoms with Gasteiger partial charge >= 0.3 is 0 Å². The maximum Gasteiger partial charge on any atom is 0.253 e. The van der Waals surface area contributed by atoms with Crippen molar-refractivity contribution in [2.45, 2.75) is 30.7 Å². The first kappa shape index (κ1) is 19.7. The number of hydrogen-bond acceptors (Lipinski definition) is 5. The molecule has 1 saturated heterocycles. The van der Waals surface area contributed by atoms with E-state index in [0.717, 1.165) is 17.1 Å². The summed E-state index contributed by atoms with van der Waals surface area (Å²) < 4.78 is 31.3. The van der Waals surface area contributed by atoms with Crippen LogP contribution in [0.2, 0.25) is 0 Å². The average Bonchev–Trinajstić information content (AvgIpc) is 2.60. The molecule has 1 aliphatic rings. The summed E-state index contributed by atoms with van der Waals surface area (Å²) in [6.45, 7) is 3.20. The molecule has 0 saturated carbocycles. The molecule has 2 atom stereocenters. The molecule has 1 aromatic carbocycles. The van der Waals surface area contributed by atoms with Gasteiger partial charge in [0.25, 0.3) is 5.91 Å². The Hall–Kier alpha value is -1.64. The predicted molar refractivity (Wildman–Crippen MR) is 96.1 cm³/mol. The van der Waals surface area contributed by atoms with E-state index < -0.39 is 10.0 Å². The number of methoxy groups -OCH3 is 1. The van der Waals surface area contributed by atoms with E-state index in [2.05, 4.69) is 0 Å². The van der Waals surface area contributed by atoms with Crippen LogP contribution in [-0.4, -0.2) is 63.9 Å². The Morgan fingerprint density at radius 2 is 2.08 bits per heavy atom. The molecule has 0 aromatic heterocycles. The van der Waals surface area contributed by atoms with Crippen molar-refractivity contribution >= 4 is 15.9 Å². The van der Waals surface area contributed by atoms with Crippen LogP contribution in [0.15, 0.2) is 23.1 Å². The Balaban J connectivity index is 2.35. The molecule has 8 heteroatoms. The summed E-state index contributed by atoms with van der Waals surface area (Å²) in [6, 6.07) is 4.55. The molecule has 140 valence electrons. The Labute approximate surface area is 149 Å². The molecule has 2 N–H and O–H groups in total. The van der Waals surface area contributed by atoms with Gasteiger partial charge in [0.1, 0.15) is 10.6 Å². The molecule has 1 heterocycles. The molecular formula is C17H27N3O4S. The van der Waals surface area contributed by atoms with Crippen LogP contribution < -0.4 is 10.5 Å². The highest BCUT2D eigenvalue weighted by molar-refractivity contribution is 7.89. The monoisotopic (exact) mass is 369 g/mol. The van der Waals surface area contributed by atoms with Crippen LogP contribution in [0, 0.1) is 5.92 Å². The number of rotatable bonds is 5. The molecule has 2 unspecified atom stereocenters. The van der Waals surface area contributed by atoms with Gasteiger partial charge in [-0.3, -0.25) is 4.79 Å². The van der Waals surface area contributed by atoms with E-state index >= 15 is 0 Å². The average molecular weight is 369 g/mol. The molecule has 1 aromatic rings. The summed E-state index contributed by atoms with van der Waals surface area (Å²) in [6.07, 6.45) is 1.90. The second-order valence-electron chi connectivity index (χ2n) is 6.67. The van der Waals surface area contributed by atoms with Crippen LogP contribution in [-0.2, 0) is 10.0 Å². The first-order valence-corrected chi connectivity index (χ1v) is 9.78. The van der Waals surface area contributed by atoms with Crippen molar-refractivity contribution < 1.29 is 17.9 Å². The lowest BCUT2D eigenvalue weighted by Gasteiger charge is -2.34. The Morgan fingerprint density at radius 1 is 1.40 bits per heavy atom. The van der Waals surface area contributed by atoms with Crippen LogP contribution in [0.4, 0.5) is 0 Å². The van der Waals surface area contributed by atoms with E-state index in [4.69, 9.17) is 10.5 Å². The van der Waals surface area contributed by atoms with E-state index in [1.807, 2.05) is 6.92 Å². The highest BCUT2D eigenvalue weighted by Gasteiger charge is 2.29. The molecule has 0 aliphatic carbocycles. The topological polar surface area (TPSA) is 92.9 Å². The van der Waals surface area contributed by atoms with Gasteiger partial charge in [0.2, 0.25) is 10.0 Å². The second-order valence-corrected chi connectivity index (χ2v) is 8.79. The van der Waals surface area contributed by atoms with E-state index in [0.29, 0.717) is 18.7 Å². The van der Waals surface area contributed by atoms with Crippen molar-refractivity contribution in [3.63, 3.8) is 0 Å². The van der Waals surface area contributed by atoms with Crippen LogP contribution in [0.5, 0.6) is 5.75 Å². The molecule has 7 nitrogen and oxygen atoms in total. The molecule has 25 heavy (non-hydrogen) atoms. The SMILES string of the molecule is COc1ccc(C(=O)N2CCCC(C(C)N)C2)cc1S(=O)(=O)N(C)C. The number of carbonyl (C=O) groups excluding carboxylic acids is 1. The summed E-state index contributed by atoms with van der Waals surface area (Å²) in [5, 5.41) is 0. The van der Waals surface area contributed by atoms with Gasteiger partial charge in [-0.25, -0.2) is 12.7 Å². The van der Waals surface area contributed by atoms with Gasteiger partial charge in [0.15, 0.2) is 0 Å². The fourth-order valence-corrected chi connectivity index (χ4v) is 4.09. The van der Waals surface area contributed by atoms with Crippen molar-refractivity contribution in [2.75, 3.05) is 34.3 Å². The maximum atomic E-state index is 12.9. The predicted octanol–water partition coefficient (Wildman–Crippen LogP) is 1.14. The summed E-state index contributed by atoms with van der Waals surface area (Å²) in [7, 11) is 0.584. The van der Waals surface area contributed by atoms with Crippen LogP contribution in [0.25, 0.3) is 0 Å². The van der Waals surface area contributed by atoms with Gasteiger partial charge in [-0.1, -0.05) is 0 Å². The molecule has 1 amide bonds.